The summed E-state index contributed by atoms with van der Waals surface area (Å²) < 4.78 is 10.8. The van der Waals surface area contributed by atoms with Crippen molar-refractivity contribution in [2.75, 3.05) is 25.0 Å². The minimum atomic E-state index is -0.294. The van der Waals surface area contributed by atoms with Gasteiger partial charge in [-0.15, -0.1) is 0 Å². The van der Waals surface area contributed by atoms with Crippen LogP contribution in [0.4, 0.5) is 5.95 Å². The molecule has 0 unspecified atom stereocenters. The minimum absolute atomic E-state index is 0.0572. The molecule has 0 saturated carbocycles. The maximum atomic E-state index is 12.4. The summed E-state index contributed by atoms with van der Waals surface area (Å²) in [5.41, 5.74) is 0.188. The highest BCUT2D eigenvalue weighted by Gasteiger charge is 2.45. The maximum Gasteiger partial charge on any atom is 0.258 e. The molecule has 0 radical (unpaired) electrons. The largest absolute Gasteiger partial charge is 0.373 e. The second-order valence-corrected chi connectivity index (χ2v) is 6.33. The Bertz CT molecular complexity index is 693. The first-order valence-electron chi connectivity index (χ1n) is 8.10. The normalized spacial score (nSPS) is 26.7. The molecule has 2 aromatic heterocycles. The fraction of sp³-hybridized carbons (Fsp3) is 0.500. The third-order valence-electron chi connectivity index (χ3n) is 4.67. The van der Waals surface area contributed by atoms with Gasteiger partial charge in [0.25, 0.3) is 5.91 Å². The molecule has 4 rings (SSSR count). The van der Waals surface area contributed by atoms with Gasteiger partial charge in [-0.25, -0.2) is 9.97 Å². The van der Waals surface area contributed by atoms with Crippen LogP contribution in [-0.2, 0) is 4.74 Å². The van der Waals surface area contributed by atoms with Crippen LogP contribution in [0, 0.1) is 0 Å². The molecule has 2 aliphatic heterocycles. The molecule has 1 N–H and O–H groups in total. The summed E-state index contributed by atoms with van der Waals surface area (Å²) in [7, 11) is 0. The van der Waals surface area contributed by atoms with Crippen molar-refractivity contribution in [3.63, 3.8) is 0 Å². The SMILES string of the molecule is O=C(c1cnoc1)N1CC[C@]2(C[C@@H](Nc3ncccn3)CCO2)C1. The lowest BCUT2D eigenvalue weighted by atomic mass is 9.89. The Hall–Kier alpha value is -2.48. The molecule has 8 nitrogen and oxygen atoms in total. The Kier molecular flexibility index (Phi) is 3.89. The van der Waals surface area contributed by atoms with Crippen molar-refractivity contribution < 1.29 is 14.1 Å². The average Bonchev–Trinajstić information content (AvgIpc) is 3.26. The Morgan fingerprint density at radius 3 is 3.04 bits per heavy atom. The van der Waals surface area contributed by atoms with E-state index in [1.807, 2.05) is 4.90 Å². The smallest absolute Gasteiger partial charge is 0.258 e. The highest BCUT2D eigenvalue weighted by atomic mass is 16.5. The first-order chi connectivity index (χ1) is 11.7. The van der Waals surface area contributed by atoms with Gasteiger partial charge in [0.1, 0.15) is 6.26 Å². The molecule has 2 aliphatic rings. The van der Waals surface area contributed by atoms with Crippen LogP contribution in [0.25, 0.3) is 0 Å². The summed E-state index contributed by atoms with van der Waals surface area (Å²) >= 11 is 0. The van der Waals surface area contributed by atoms with Crippen LogP contribution < -0.4 is 5.32 Å². The molecular formula is C16H19N5O3. The van der Waals surface area contributed by atoms with Gasteiger partial charge in [-0.3, -0.25) is 4.79 Å². The third kappa shape index (κ3) is 2.96. The van der Waals surface area contributed by atoms with Gasteiger partial charge in [0.05, 0.1) is 23.9 Å². The predicted molar refractivity (Wildman–Crippen MR) is 84.4 cm³/mol. The first kappa shape index (κ1) is 15.1. The zero-order valence-corrected chi connectivity index (χ0v) is 13.2. The Morgan fingerprint density at radius 2 is 2.25 bits per heavy atom. The molecule has 2 fully saturated rings. The van der Waals surface area contributed by atoms with Gasteiger partial charge in [-0.2, -0.15) is 0 Å². The molecule has 1 amide bonds. The van der Waals surface area contributed by atoms with Crippen molar-refractivity contribution in [1.82, 2.24) is 20.0 Å². The second kappa shape index (κ2) is 6.20. The highest BCUT2D eigenvalue weighted by molar-refractivity contribution is 5.93. The third-order valence-corrected chi connectivity index (χ3v) is 4.67. The monoisotopic (exact) mass is 329 g/mol. The van der Waals surface area contributed by atoms with Crippen LogP contribution in [0.2, 0.25) is 0 Å². The van der Waals surface area contributed by atoms with E-state index in [1.54, 1.807) is 18.5 Å². The van der Waals surface area contributed by atoms with E-state index in [9.17, 15) is 4.79 Å². The number of rotatable bonds is 3. The highest BCUT2D eigenvalue weighted by Crippen LogP contribution is 2.35. The zero-order valence-electron chi connectivity index (χ0n) is 13.2. The van der Waals surface area contributed by atoms with E-state index in [4.69, 9.17) is 9.26 Å². The number of carbonyl (C=O) groups excluding carboxylic acids is 1. The van der Waals surface area contributed by atoms with E-state index in [-0.39, 0.29) is 17.6 Å². The summed E-state index contributed by atoms with van der Waals surface area (Å²) in [6.45, 7) is 1.93. The van der Waals surface area contributed by atoms with Crippen molar-refractivity contribution in [2.45, 2.75) is 30.9 Å². The molecule has 8 heteroatoms. The quantitative estimate of drug-likeness (QED) is 0.908. The van der Waals surface area contributed by atoms with E-state index in [1.165, 1.54) is 12.5 Å². The molecule has 0 aliphatic carbocycles. The van der Waals surface area contributed by atoms with Crippen LogP contribution in [0.1, 0.15) is 29.6 Å². The first-order valence-corrected chi connectivity index (χ1v) is 8.10. The van der Waals surface area contributed by atoms with E-state index < -0.39 is 0 Å². The van der Waals surface area contributed by atoms with Crippen LogP contribution in [0.5, 0.6) is 0 Å². The molecule has 0 bridgehead atoms. The fourth-order valence-corrected chi connectivity index (χ4v) is 3.50. The molecule has 24 heavy (non-hydrogen) atoms. The Labute approximate surface area is 139 Å². The maximum absolute atomic E-state index is 12.4. The number of aromatic nitrogens is 3. The van der Waals surface area contributed by atoms with Crippen LogP contribution in [0.3, 0.4) is 0 Å². The van der Waals surface area contributed by atoms with E-state index in [2.05, 4.69) is 20.4 Å². The van der Waals surface area contributed by atoms with Crippen molar-refractivity contribution in [3.8, 4) is 0 Å². The van der Waals surface area contributed by atoms with Gasteiger partial charge in [0.2, 0.25) is 5.95 Å². The molecule has 1 spiro atoms. The summed E-state index contributed by atoms with van der Waals surface area (Å²) in [4.78, 5) is 22.7. The number of likely N-dealkylation sites (tertiary alicyclic amines) is 1. The van der Waals surface area contributed by atoms with Crippen molar-refractivity contribution >= 4 is 11.9 Å². The predicted octanol–water partition coefficient (Wildman–Crippen LogP) is 1.34. The lowest BCUT2D eigenvalue weighted by molar-refractivity contribution is -0.0721. The molecule has 2 saturated heterocycles. The molecular weight excluding hydrogens is 310 g/mol. The topological polar surface area (TPSA) is 93.4 Å². The number of amides is 1. The summed E-state index contributed by atoms with van der Waals surface area (Å²) in [5, 5.41) is 6.97. The Balaban J connectivity index is 1.41. The van der Waals surface area contributed by atoms with Crippen LogP contribution in [-0.4, -0.2) is 57.3 Å². The second-order valence-electron chi connectivity index (χ2n) is 6.33. The molecule has 2 atom stereocenters. The summed E-state index contributed by atoms with van der Waals surface area (Å²) in [6, 6.07) is 2.04. The van der Waals surface area contributed by atoms with E-state index in [0.29, 0.717) is 31.2 Å². The summed E-state index contributed by atoms with van der Waals surface area (Å²) in [5.74, 6) is 0.577. The number of nitrogens with one attached hydrogen (secondary N) is 1. The van der Waals surface area contributed by atoms with Gasteiger partial charge in [0, 0.05) is 31.6 Å². The molecule has 0 aromatic carbocycles. The number of anilines is 1. The molecule has 126 valence electrons. The van der Waals surface area contributed by atoms with Crippen molar-refractivity contribution in [1.29, 1.82) is 0 Å². The number of hydrogen-bond donors (Lipinski definition) is 1. The summed E-state index contributed by atoms with van der Waals surface area (Å²) in [6.07, 6.45) is 8.84. The average molecular weight is 329 g/mol. The Morgan fingerprint density at radius 1 is 1.38 bits per heavy atom. The minimum Gasteiger partial charge on any atom is -0.373 e. The van der Waals surface area contributed by atoms with E-state index >= 15 is 0 Å². The van der Waals surface area contributed by atoms with Crippen LogP contribution in [0.15, 0.2) is 35.4 Å². The van der Waals surface area contributed by atoms with Gasteiger partial charge in [0.15, 0.2) is 0 Å². The fourth-order valence-electron chi connectivity index (χ4n) is 3.50. The molecule has 4 heterocycles. The van der Waals surface area contributed by atoms with E-state index in [0.717, 1.165) is 19.3 Å². The van der Waals surface area contributed by atoms with Gasteiger partial charge in [-0.05, 0) is 25.3 Å². The zero-order chi connectivity index (χ0) is 16.4. The number of carbonyl (C=O) groups is 1. The number of nitrogens with zero attached hydrogens (tertiary/aromatic N) is 4. The lowest BCUT2D eigenvalue weighted by Crippen LogP contribution is -2.47. The lowest BCUT2D eigenvalue weighted by Gasteiger charge is -2.38. The molecule has 2 aromatic rings. The standard InChI is InChI=1S/C16H19N5O3/c22-14(12-9-19-24-10-12)21-6-3-16(11-21)8-13(2-7-23-16)20-15-17-4-1-5-18-15/h1,4-5,9-10,13H,2-3,6-8,11H2,(H,17,18,20)/t13-,16-/m0/s1. The number of ether oxygens (including phenoxy) is 1. The van der Waals surface area contributed by atoms with Gasteiger partial charge in [-0.1, -0.05) is 5.16 Å². The van der Waals surface area contributed by atoms with Crippen molar-refractivity contribution in [3.05, 3.63) is 36.5 Å². The van der Waals surface area contributed by atoms with Gasteiger partial charge < -0.3 is 19.5 Å². The van der Waals surface area contributed by atoms with Gasteiger partial charge >= 0.3 is 0 Å². The van der Waals surface area contributed by atoms with Crippen LogP contribution >= 0.6 is 0 Å². The number of hydrogen-bond acceptors (Lipinski definition) is 7. The van der Waals surface area contributed by atoms with Crippen molar-refractivity contribution in [2.24, 2.45) is 0 Å².